The van der Waals surface area contributed by atoms with Crippen LogP contribution in [-0.2, 0) is 6.42 Å². The normalized spacial score (nSPS) is 11.8. The molecule has 3 aromatic heterocycles. The maximum Gasteiger partial charge on any atom is 0.0632 e. The third-order valence-corrected chi connectivity index (χ3v) is 6.81. The monoisotopic (exact) mass is 330 g/mol. The first-order chi connectivity index (χ1) is 7.88. The molecule has 0 bridgehead atoms. The van der Waals surface area contributed by atoms with Crippen molar-refractivity contribution in [3.8, 4) is 0 Å². The Bertz CT molecular complexity index is 602. The summed E-state index contributed by atoms with van der Waals surface area (Å²) < 4.78 is 5.96. The highest BCUT2D eigenvalue weighted by Gasteiger charge is 2.09. The molecule has 0 aliphatic rings. The highest BCUT2D eigenvalue weighted by molar-refractivity contribution is 9.09. The average molecular weight is 331 g/mol. The molecule has 16 heavy (non-hydrogen) atoms. The van der Waals surface area contributed by atoms with Crippen LogP contribution in [0.15, 0.2) is 17.5 Å². The molecule has 84 valence electrons. The maximum atomic E-state index is 3.48. The lowest BCUT2D eigenvalue weighted by molar-refractivity contribution is 0.816. The Morgan fingerprint density at radius 2 is 2.00 bits per heavy atom. The first-order valence-corrected chi connectivity index (χ1v) is 8.96. The molecule has 0 spiro atoms. The van der Waals surface area contributed by atoms with Crippen LogP contribution in [0.3, 0.4) is 0 Å². The minimum absolute atomic E-state index is 1.13. The Labute approximate surface area is 115 Å². The van der Waals surface area contributed by atoms with Crippen LogP contribution in [-0.4, -0.2) is 5.33 Å². The molecule has 3 rings (SSSR count). The van der Waals surface area contributed by atoms with Crippen molar-refractivity contribution < 1.29 is 0 Å². The van der Waals surface area contributed by atoms with Gasteiger partial charge >= 0.3 is 0 Å². The van der Waals surface area contributed by atoms with E-state index >= 15 is 0 Å². The third kappa shape index (κ3) is 1.96. The number of unbranched alkanes of at least 4 members (excludes halogenated alkanes) is 1. The molecule has 0 saturated heterocycles. The predicted octanol–water partition coefficient (Wildman–Crippen LogP) is 5.90. The van der Waals surface area contributed by atoms with E-state index in [2.05, 4.69) is 33.4 Å². The summed E-state index contributed by atoms with van der Waals surface area (Å²) in [4.78, 5) is 1.55. The Morgan fingerprint density at radius 3 is 2.88 bits per heavy atom. The van der Waals surface area contributed by atoms with Gasteiger partial charge in [-0.25, -0.2) is 0 Å². The van der Waals surface area contributed by atoms with E-state index in [1.807, 2.05) is 34.0 Å². The first-order valence-electron chi connectivity index (χ1n) is 5.33. The van der Waals surface area contributed by atoms with Gasteiger partial charge in [-0.2, -0.15) is 0 Å². The van der Waals surface area contributed by atoms with Crippen molar-refractivity contribution in [3.63, 3.8) is 0 Å². The maximum absolute atomic E-state index is 3.48. The smallest absolute Gasteiger partial charge is 0.0632 e. The van der Waals surface area contributed by atoms with E-state index in [1.54, 1.807) is 4.88 Å². The second kappa shape index (κ2) is 4.77. The van der Waals surface area contributed by atoms with E-state index in [0.29, 0.717) is 0 Å². The van der Waals surface area contributed by atoms with Crippen molar-refractivity contribution in [2.45, 2.75) is 19.3 Å². The standard InChI is InChI=1S/C12H11BrS3/c13-5-2-1-3-8-7-10-12(15-8)11-9(16-10)4-6-14-11/h4,6-7H,1-3,5H2. The fourth-order valence-electron chi connectivity index (χ4n) is 1.84. The number of aryl methyl sites for hydroxylation is 1. The third-order valence-electron chi connectivity index (χ3n) is 2.61. The number of halogens is 1. The molecule has 0 fully saturated rings. The van der Waals surface area contributed by atoms with Crippen LogP contribution < -0.4 is 0 Å². The molecule has 0 atom stereocenters. The summed E-state index contributed by atoms with van der Waals surface area (Å²) in [7, 11) is 0. The Hall–Kier alpha value is 0.1000. The molecule has 0 radical (unpaired) electrons. The van der Waals surface area contributed by atoms with E-state index in [9.17, 15) is 0 Å². The van der Waals surface area contributed by atoms with Gasteiger partial charge in [0.15, 0.2) is 0 Å². The molecule has 0 aliphatic heterocycles. The van der Waals surface area contributed by atoms with Gasteiger partial charge in [0.25, 0.3) is 0 Å². The lowest BCUT2D eigenvalue weighted by Gasteiger charge is -1.93. The van der Waals surface area contributed by atoms with Crippen LogP contribution in [0.5, 0.6) is 0 Å². The van der Waals surface area contributed by atoms with Gasteiger partial charge < -0.3 is 0 Å². The van der Waals surface area contributed by atoms with Gasteiger partial charge in [0, 0.05) is 19.6 Å². The van der Waals surface area contributed by atoms with Crippen molar-refractivity contribution in [3.05, 3.63) is 22.4 Å². The second-order valence-corrected chi connectivity index (χ2v) is 7.70. The molecule has 0 saturated carbocycles. The molecule has 0 N–H and O–H groups in total. The zero-order chi connectivity index (χ0) is 11.0. The van der Waals surface area contributed by atoms with Crippen molar-refractivity contribution >= 4 is 68.7 Å². The zero-order valence-corrected chi connectivity index (χ0v) is 12.7. The molecular formula is C12H11BrS3. The lowest BCUT2D eigenvalue weighted by Crippen LogP contribution is -1.80. The molecule has 3 aromatic rings. The highest BCUT2D eigenvalue weighted by Crippen LogP contribution is 2.42. The van der Waals surface area contributed by atoms with Crippen LogP contribution in [0.4, 0.5) is 0 Å². The SMILES string of the molecule is BrCCCCc1cc2sc3ccsc3c2s1. The number of thiophene rings is 3. The molecule has 0 amide bonds. The molecule has 3 heterocycles. The molecule has 0 aromatic carbocycles. The number of rotatable bonds is 4. The van der Waals surface area contributed by atoms with Crippen LogP contribution >= 0.6 is 49.9 Å². The Kier molecular flexibility index (Phi) is 3.34. The molecule has 4 heteroatoms. The van der Waals surface area contributed by atoms with E-state index in [4.69, 9.17) is 0 Å². The molecule has 0 aliphatic carbocycles. The van der Waals surface area contributed by atoms with Crippen molar-refractivity contribution in [1.29, 1.82) is 0 Å². The summed E-state index contributed by atoms with van der Waals surface area (Å²) in [5.41, 5.74) is 0. The average Bonchev–Trinajstić information content (AvgIpc) is 2.89. The molecule has 0 unspecified atom stereocenters. The largest absolute Gasteiger partial charge is 0.141 e. The molecular weight excluding hydrogens is 320 g/mol. The Morgan fingerprint density at radius 1 is 1.06 bits per heavy atom. The fourth-order valence-corrected chi connectivity index (χ4v) is 6.06. The summed E-state index contributed by atoms with van der Waals surface area (Å²) in [6, 6.07) is 4.63. The minimum atomic E-state index is 1.13. The second-order valence-electron chi connectivity index (χ2n) is 3.77. The number of hydrogen-bond acceptors (Lipinski definition) is 3. The van der Waals surface area contributed by atoms with Crippen LogP contribution in [0.2, 0.25) is 0 Å². The van der Waals surface area contributed by atoms with Gasteiger partial charge in [0.2, 0.25) is 0 Å². The van der Waals surface area contributed by atoms with Crippen molar-refractivity contribution in [2.75, 3.05) is 5.33 Å². The predicted molar refractivity (Wildman–Crippen MR) is 81.8 cm³/mol. The number of fused-ring (bicyclic) bond motifs is 3. The van der Waals surface area contributed by atoms with Gasteiger partial charge in [-0.05, 0) is 36.8 Å². The van der Waals surface area contributed by atoms with Crippen molar-refractivity contribution in [2.24, 2.45) is 0 Å². The van der Waals surface area contributed by atoms with E-state index in [-0.39, 0.29) is 0 Å². The van der Waals surface area contributed by atoms with Crippen molar-refractivity contribution in [1.82, 2.24) is 0 Å². The highest BCUT2D eigenvalue weighted by atomic mass is 79.9. The quantitative estimate of drug-likeness (QED) is 0.413. The molecule has 0 nitrogen and oxygen atoms in total. The summed E-state index contributed by atoms with van der Waals surface area (Å²) in [6.07, 6.45) is 3.82. The number of alkyl halides is 1. The van der Waals surface area contributed by atoms with Gasteiger partial charge in [0.1, 0.15) is 0 Å². The van der Waals surface area contributed by atoms with Gasteiger partial charge in [-0.15, -0.1) is 34.0 Å². The van der Waals surface area contributed by atoms with E-state index in [0.717, 1.165) is 5.33 Å². The topological polar surface area (TPSA) is 0 Å². The van der Waals surface area contributed by atoms with Gasteiger partial charge in [-0.1, -0.05) is 15.9 Å². The fraction of sp³-hybridized carbons (Fsp3) is 0.333. The first kappa shape index (κ1) is 11.2. The van der Waals surface area contributed by atoms with Crippen LogP contribution in [0.1, 0.15) is 17.7 Å². The van der Waals surface area contributed by atoms with E-state index in [1.165, 1.54) is 38.1 Å². The summed E-state index contributed by atoms with van der Waals surface area (Å²) in [5, 5.41) is 3.33. The van der Waals surface area contributed by atoms with Gasteiger partial charge in [0.05, 0.1) is 9.40 Å². The van der Waals surface area contributed by atoms with Gasteiger partial charge in [-0.3, -0.25) is 0 Å². The lowest BCUT2D eigenvalue weighted by atomic mass is 10.2. The Balaban J connectivity index is 1.93. The van der Waals surface area contributed by atoms with Crippen LogP contribution in [0, 0.1) is 0 Å². The summed E-state index contributed by atoms with van der Waals surface area (Å²) >= 11 is 9.30. The van der Waals surface area contributed by atoms with E-state index < -0.39 is 0 Å². The minimum Gasteiger partial charge on any atom is -0.141 e. The summed E-state index contributed by atoms with van der Waals surface area (Å²) in [6.45, 7) is 0. The van der Waals surface area contributed by atoms with Crippen LogP contribution in [0.25, 0.3) is 18.8 Å². The zero-order valence-electron chi connectivity index (χ0n) is 8.66. The summed E-state index contributed by atoms with van der Waals surface area (Å²) in [5.74, 6) is 0. The number of hydrogen-bond donors (Lipinski definition) is 0.